The number of aliphatic imine (C=N–C) groups is 1. The molecule has 3 aromatic rings. The monoisotopic (exact) mass is 418 g/mol. The summed E-state index contributed by atoms with van der Waals surface area (Å²) < 4.78 is 14.6. The molecular weight excluding hydrogens is 396 g/mol. The average molecular weight is 419 g/mol. The van der Waals surface area contributed by atoms with Crippen LogP contribution >= 0.6 is 0 Å². The van der Waals surface area contributed by atoms with Gasteiger partial charge in [-0.3, -0.25) is 9.69 Å². The van der Waals surface area contributed by atoms with Crippen LogP contribution in [0.4, 0.5) is 5.69 Å². The van der Waals surface area contributed by atoms with Gasteiger partial charge in [0.25, 0.3) is 5.91 Å². The molecule has 1 unspecified atom stereocenters. The van der Waals surface area contributed by atoms with Crippen LogP contribution in [0.25, 0.3) is 0 Å². The molecule has 7 heteroatoms. The zero-order valence-electron chi connectivity index (χ0n) is 16.5. The Morgan fingerprint density at radius 3 is 2.03 bits per heavy atom. The molecule has 152 valence electrons. The first kappa shape index (κ1) is 19.8. The molecule has 0 spiro atoms. The van der Waals surface area contributed by atoms with E-state index in [-0.39, 0.29) is 18.4 Å². The number of hydrogen-bond donors (Lipinski definition) is 2. The third-order valence-corrected chi connectivity index (χ3v) is 5.60. The number of nitrogens with zero attached hydrogens (tertiary/aromatic N) is 2. The number of rotatable bonds is 6. The Balaban J connectivity index is 1.77. The number of para-hydroxylation sites is 1. The normalized spacial score (nSPS) is 16.2. The fourth-order valence-electron chi connectivity index (χ4n) is 3.72. The zero-order valence-corrected chi connectivity index (χ0v) is 17.3. The van der Waals surface area contributed by atoms with Gasteiger partial charge in [-0.2, -0.15) is 0 Å². The minimum absolute atomic E-state index is 0.153. The maximum absolute atomic E-state index is 13.8. The summed E-state index contributed by atoms with van der Waals surface area (Å²) in [5.41, 5.74) is 8.07. The van der Waals surface area contributed by atoms with Gasteiger partial charge in [0, 0.05) is 6.26 Å². The second kappa shape index (κ2) is 8.12. The second-order valence-corrected chi connectivity index (χ2v) is 8.13. The number of nitrogens with two attached hydrogens (primary N) is 1. The second-order valence-electron chi connectivity index (χ2n) is 7.02. The minimum Gasteiger partial charge on any atom is -0.369 e. The molecule has 0 aliphatic carbocycles. The van der Waals surface area contributed by atoms with E-state index >= 15 is 0 Å². The third-order valence-electron chi connectivity index (χ3n) is 5.10. The molecule has 1 heterocycles. The van der Waals surface area contributed by atoms with Gasteiger partial charge in [0.2, 0.25) is 0 Å². The highest BCUT2D eigenvalue weighted by Gasteiger charge is 2.50. The number of hydrogen-bond acceptors (Lipinski definition) is 4. The number of guanidine groups is 1. The lowest BCUT2D eigenvalue weighted by molar-refractivity contribution is -0.130. The lowest BCUT2D eigenvalue weighted by Crippen LogP contribution is -2.43. The maximum atomic E-state index is 13.8. The van der Waals surface area contributed by atoms with Crippen LogP contribution in [0.2, 0.25) is 0 Å². The lowest BCUT2D eigenvalue weighted by atomic mass is 9.83. The molecule has 1 aliphatic heterocycles. The van der Waals surface area contributed by atoms with E-state index in [9.17, 15) is 9.00 Å². The van der Waals surface area contributed by atoms with Gasteiger partial charge >= 0.3 is 0 Å². The Hall–Kier alpha value is -3.45. The van der Waals surface area contributed by atoms with E-state index in [0.717, 1.165) is 16.7 Å². The molecule has 0 bridgehead atoms. The Kier molecular flexibility index (Phi) is 5.37. The summed E-state index contributed by atoms with van der Waals surface area (Å²) in [6.07, 6.45) is 1.56. The number of nitrogens with one attached hydrogen (secondary N) is 1. The van der Waals surface area contributed by atoms with Gasteiger partial charge in [-0.05, 0) is 22.8 Å². The Bertz CT molecular complexity index is 1080. The smallest absolute Gasteiger partial charge is 0.266 e. The van der Waals surface area contributed by atoms with Crippen LogP contribution in [0.5, 0.6) is 0 Å². The highest BCUT2D eigenvalue weighted by atomic mass is 32.2. The van der Waals surface area contributed by atoms with E-state index in [2.05, 4.69) is 4.72 Å². The molecule has 1 aliphatic rings. The fourth-order valence-corrected chi connectivity index (χ4v) is 4.23. The first-order valence-electron chi connectivity index (χ1n) is 9.48. The van der Waals surface area contributed by atoms with E-state index in [0.29, 0.717) is 5.69 Å². The summed E-state index contributed by atoms with van der Waals surface area (Å²) in [6, 6.07) is 26.3. The molecule has 6 nitrogen and oxygen atoms in total. The summed E-state index contributed by atoms with van der Waals surface area (Å²) in [4.78, 5) is 20.0. The standard InChI is InChI=1S/C23H22N4O2S/c1-30(29)26-20-15-9-8-10-17(20)16-27-21(28)23(25-22(27)24,18-11-4-2-5-12-18)19-13-6-3-7-14-19/h2-15,26H,16H2,1H3,(H2,24,25). The van der Waals surface area contributed by atoms with Crippen LogP contribution in [0.15, 0.2) is 89.9 Å². The van der Waals surface area contributed by atoms with Crippen molar-refractivity contribution in [2.45, 2.75) is 12.1 Å². The van der Waals surface area contributed by atoms with Crippen molar-refractivity contribution >= 4 is 28.5 Å². The van der Waals surface area contributed by atoms with E-state index in [1.54, 1.807) is 6.26 Å². The summed E-state index contributed by atoms with van der Waals surface area (Å²) in [5, 5.41) is 0. The van der Waals surface area contributed by atoms with Crippen molar-refractivity contribution in [3.8, 4) is 0 Å². The first-order chi connectivity index (χ1) is 14.5. The van der Waals surface area contributed by atoms with Crippen molar-refractivity contribution in [3.63, 3.8) is 0 Å². The van der Waals surface area contributed by atoms with E-state index in [1.165, 1.54) is 4.90 Å². The molecule has 4 rings (SSSR count). The van der Waals surface area contributed by atoms with Gasteiger partial charge in [-0.1, -0.05) is 78.9 Å². The molecule has 30 heavy (non-hydrogen) atoms. The van der Waals surface area contributed by atoms with Crippen molar-refractivity contribution in [3.05, 3.63) is 102 Å². The van der Waals surface area contributed by atoms with Crippen LogP contribution in [-0.4, -0.2) is 27.2 Å². The summed E-state index contributed by atoms with van der Waals surface area (Å²) in [6.45, 7) is 0.218. The summed E-state index contributed by atoms with van der Waals surface area (Å²) in [5.74, 6) is -0.0649. The molecule has 1 amide bonds. The molecule has 0 fully saturated rings. The maximum Gasteiger partial charge on any atom is 0.266 e. The number of anilines is 1. The van der Waals surface area contributed by atoms with Crippen LogP contribution in [0.1, 0.15) is 16.7 Å². The topological polar surface area (TPSA) is 87.8 Å². The Labute approximate surface area is 178 Å². The molecular formula is C23H22N4O2S. The van der Waals surface area contributed by atoms with Crippen LogP contribution in [0.3, 0.4) is 0 Å². The van der Waals surface area contributed by atoms with Crippen molar-refractivity contribution in [1.82, 2.24) is 4.90 Å². The Morgan fingerprint density at radius 2 is 1.47 bits per heavy atom. The van der Waals surface area contributed by atoms with Crippen molar-refractivity contribution in [2.24, 2.45) is 10.7 Å². The van der Waals surface area contributed by atoms with Crippen molar-refractivity contribution in [1.29, 1.82) is 0 Å². The van der Waals surface area contributed by atoms with Crippen molar-refractivity contribution in [2.75, 3.05) is 11.0 Å². The molecule has 0 aromatic heterocycles. The molecule has 0 radical (unpaired) electrons. The van der Waals surface area contributed by atoms with Crippen LogP contribution in [0, 0.1) is 0 Å². The lowest BCUT2D eigenvalue weighted by Gasteiger charge is -2.27. The van der Waals surface area contributed by atoms with Gasteiger partial charge < -0.3 is 10.5 Å². The van der Waals surface area contributed by atoms with Gasteiger partial charge in [0.05, 0.1) is 12.2 Å². The quantitative estimate of drug-likeness (QED) is 0.645. The number of carbonyl (C=O) groups excluding carboxylic acids is 1. The van der Waals surface area contributed by atoms with E-state index < -0.39 is 16.5 Å². The molecule has 1 atom stereocenters. The van der Waals surface area contributed by atoms with Gasteiger partial charge in [-0.15, -0.1) is 0 Å². The largest absolute Gasteiger partial charge is 0.369 e. The molecule has 0 saturated heterocycles. The third kappa shape index (κ3) is 3.48. The Morgan fingerprint density at radius 1 is 0.933 bits per heavy atom. The van der Waals surface area contributed by atoms with Gasteiger partial charge in [0.1, 0.15) is 11.0 Å². The summed E-state index contributed by atoms with van der Waals surface area (Å²) >= 11 is 0. The van der Waals surface area contributed by atoms with Gasteiger partial charge in [0.15, 0.2) is 11.5 Å². The van der Waals surface area contributed by atoms with E-state index in [4.69, 9.17) is 10.7 Å². The average Bonchev–Trinajstić information content (AvgIpc) is 3.01. The van der Waals surface area contributed by atoms with Crippen LogP contribution in [-0.2, 0) is 27.9 Å². The van der Waals surface area contributed by atoms with Crippen LogP contribution < -0.4 is 10.5 Å². The fraction of sp³-hybridized carbons (Fsp3) is 0.130. The highest BCUT2D eigenvalue weighted by Crippen LogP contribution is 2.40. The number of carbonyl (C=O) groups is 1. The number of amides is 1. The predicted octanol–water partition coefficient (Wildman–Crippen LogP) is 2.99. The minimum atomic E-state index is -1.24. The van der Waals surface area contributed by atoms with Gasteiger partial charge in [-0.25, -0.2) is 9.20 Å². The molecule has 0 saturated carbocycles. The predicted molar refractivity (Wildman–Crippen MR) is 120 cm³/mol. The number of benzene rings is 3. The first-order valence-corrected chi connectivity index (χ1v) is 11.0. The van der Waals surface area contributed by atoms with Crippen molar-refractivity contribution < 1.29 is 9.00 Å². The zero-order chi connectivity index (χ0) is 21.1. The van der Waals surface area contributed by atoms with E-state index in [1.807, 2.05) is 84.9 Å². The molecule has 3 aromatic carbocycles. The molecule has 3 N–H and O–H groups in total. The SMILES string of the molecule is CS(=O)Nc1ccccc1CN1C(=O)C(c2ccccc2)(c2ccccc2)N=C1N. The highest BCUT2D eigenvalue weighted by molar-refractivity contribution is 7.85. The summed E-state index contributed by atoms with van der Waals surface area (Å²) in [7, 11) is -1.24.